The number of carbonyl (C=O) groups is 2. The lowest BCUT2D eigenvalue weighted by Crippen LogP contribution is -2.24. The van der Waals surface area contributed by atoms with Crippen molar-refractivity contribution in [3.63, 3.8) is 0 Å². The molecular weight excluding hydrogens is 280 g/mol. The van der Waals surface area contributed by atoms with Crippen molar-refractivity contribution in [2.75, 3.05) is 32.1 Å². The second kappa shape index (κ2) is 9.46. The standard InChI is InChI=1S/C17H22N2O3/c1-4-22-17(21)12-11-16(20)18-13-5-6-14-7-9-15(10-8-14)19(2)3/h7-10H,4,11-13H2,1-3H3,(H,18,20). The van der Waals surface area contributed by atoms with Crippen LogP contribution in [-0.2, 0) is 14.3 Å². The van der Waals surface area contributed by atoms with Gasteiger partial charge >= 0.3 is 5.97 Å². The van der Waals surface area contributed by atoms with Crippen LogP contribution in [0.15, 0.2) is 24.3 Å². The number of carbonyl (C=O) groups excluding carboxylic acids is 2. The van der Waals surface area contributed by atoms with E-state index in [2.05, 4.69) is 17.2 Å². The van der Waals surface area contributed by atoms with Gasteiger partial charge in [-0.1, -0.05) is 11.8 Å². The molecule has 118 valence electrons. The summed E-state index contributed by atoms with van der Waals surface area (Å²) in [6.45, 7) is 2.33. The van der Waals surface area contributed by atoms with Crippen LogP contribution in [0.4, 0.5) is 5.69 Å². The fourth-order valence-corrected chi connectivity index (χ4v) is 1.67. The maximum Gasteiger partial charge on any atom is 0.306 e. The van der Waals surface area contributed by atoms with Crippen molar-refractivity contribution in [2.45, 2.75) is 19.8 Å². The number of nitrogens with one attached hydrogen (secondary N) is 1. The van der Waals surface area contributed by atoms with Crippen molar-refractivity contribution in [3.05, 3.63) is 29.8 Å². The average molecular weight is 302 g/mol. The van der Waals surface area contributed by atoms with Gasteiger partial charge in [-0.3, -0.25) is 9.59 Å². The number of rotatable bonds is 6. The van der Waals surface area contributed by atoms with Crippen LogP contribution in [0, 0.1) is 11.8 Å². The molecule has 1 amide bonds. The molecule has 1 rings (SSSR count). The molecule has 0 spiro atoms. The molecule has 0 unspecified atom stereocenters. The van der Waals surface area contributed by atoms with E-state index in [1.54, 1.807) is 6.92 Å². The zero-order valence-corrected chi connectivity index (χ0v) is 13.3. The van der Waals surface area contributed by atoms with E-state index in [-0.39, 0.29) is 31.3 Å². The predicted molar refractivity (Wildman–Crippen MR) is 86.5 cm³/mol. The summed E-state index contributed by atoms with van der Waals surface area (Å²) in [7, 11) is 3.96. The van der Waals surface area contributed by atoms with Crippen molar-refractivity contribution in [1.82, 2.24) is 5.32 Å². The Morgan fingerprint density at radius 1 is 1.18 bits per heavy atom. The van der Waals surface area contributed by atoms with Crippen LogP contribution in [0.3, 0.4) is 0 Å². The van der Waals surface area contributed by atoms with Gasteiger partial charge in [-0.15, -0.1) is 0 Å². The van der Waals surface area contributed by atoms with Gasteiger partial charge in [-0.05, 0) is 31.2 Å². The number of hydrogen-bond acceptors (Lipinski definition) is 4. The summed E-state index contributed by atoms with van der Waals surface area (Å²) in [6.07, 6.45) is 0.219. The quantitative estimate of drug-likeness (QED) is 0.640. The third kappa shape index (κ3) is 6.80. The normalized spacial score (nSPS) is 9.41. The van der Waals surface area contributed by atoms with Crippen molar-refractivity contribution >= 4 is 17.6 Å². The largest absolute Gasteiger partial charge is 0.466 e. The van der Waals surface area contributed by atoms with Crippen LogP contribution in [0.2, 0.25) is 0 Å². The molecule has 0 aliphatic carbocycles. The highest BCUT2D eigenvalue weighted by Gasteiger charge is 2.06. The SMILES string of the molecule is CCOC(=O)CCC(=O)NCC#Cc1ccc(N(C)C)cc1. The monoisotopic (exact) mass is 302 g/mol. The summed E-state index contributed by atoms with van der Waals surface area (Å²) >= 11 is 0. The molecule has 0 fully saturated rings. The van der Waals surface area contributed by atoms with Gasteiger partial charge in [0.1, 0.15) is 0 Å². The lowest BCUT2D eigenvalue weighted by molar-refractivity contribution is -0.144. The Balaban J connectivity index is 2.32. The number of nitrogens with zero attached hydrogens (tertiary/aromatic N) is 1. The smallest absolute Gasteiger partial charge is 0.306 e. The Morgan fingerprint density at radius 2 is 1.86 bits per heavy atom. The zero-order valence-electron chi connectivity index (χ0n) is 13.3. The average Bonchev–Trinajstić information content (AvgIpc) is 2.50. The molecule has 5 heteroatoms. The Hall–Kier alpha value is -2.48. The third-order valence-electron chi connectivity index (χ3n) is 2.85. The number of anilines is 1. The Labute approximate surface area is 131 Å². The van der Waals surface area contributed by atoms with Gasteiger partial charge in [0.15, 0.2) is 0 Å². The maximum absolute atomic E-state index is 11.5. The van der Waals surface area contributed by atoms with E-state index in [9.17, 15) is 9.59 Å². The molecule has 1 N–H and O–H groups in total. The third-order valence-corrected chi connectivity index (χ3v) is 2.85. The Bertz CT molecular complexity index is 554. The van der Waals surface area contributed by atoms with E-state index in [1.165, 1.54) is 0 Å². The van der Waals surface area contributed by atoms with Crippen molar-refractivity contribution < 1.29 is 14.3 Å². The van der Waals surface area contributed by atoms with Gasteiger partial charge in [0.2, 0.25) is 5.91 Å². The topological polar surface area (TPSA) is 58.6 Å². The minimum atomic E-state index is -0.357. The highest BCUT2D eigenvalue weighted by atomic mass is 16.5. The van der Waals surface area contributed by atoms with Crippen molar-refractivity contribution in [1.29, 1.82) is 0 Å². The number of esters is 1. The number of amides is 1. The van der Waals surface area contributed by atoms with Gasteiger partial charge in [-0.25, -0.2) is 0 Å². The minimum Gasteiger partial charge on any atom is -0.466 e. The van der Waals surface area contributed by atoms with Gasteiger partial charge in [0.25, 0.3) is 0 Å². The fraction of sp³-hybridized carbons (Fsp3) is 0.412. The van der Waals surface area contributed by atoms with Gasteiger partial charge in [-0.2, -0.15) is 0 Å². The number of benzene rings is 1. The highest BCUT2D eigenvalue weighted by Crippen LogP contribution is 2.11. The molecule has 0 bridgehead atoms. The molecule has 0 atom stereocenters. The van der Waals surface area contributed by atoms with E-state index < -0.39 is 0 Å². The van der Waals surface area contributed by atoms with E-state index in [1.807, 2.05) is 43.3 Å². The lowest BCUT2D eigenvalue weighted by atomic mass is 10.2. The van der Waals surface area contributed by atoms with Crippen LogP contribution in [0.1, 0.15) is 25.3 Å². The van der Waals surface area contributed by atoms with E-state index in [4.69, 9.17) is 4.74 Å². The number of ether oxygens (including phenoxy) is 1. The first-order valence-corrected chi connectivity index (χ1v) is 7.21. The molecule has 0 aliphatic rings. The predicted octanol–water partition coefficient (Wildman–Crippen LogP) is 1.56. The lowest BCUT2D eigenvalue weighted by Gasteiger charge is -2.11. The molecule has 1 aromatic carbocycles. The van der Waals surface area contributed by atoms with Crippen molar-refractivity contribution in [3.8, 4) is 11.8 Å². The summed E-state index contributed by atoms with van der Waals surface area (Å²) < 4.78 is 4.75. The molecule has 1 aromatic rings. The van der Waals surface area contributed by atoms with E-state index in [0.717, 1.165) is 11.3 Å². The van der Waals surface area contributed by atoms with Gasteiger partial charge in [0, 0.05) is 31.8 Å². The summed E-state index contributed by atoms with van der Waals surface area (Å²) in [5, 5.41) is 2.65. The zero-order chi connectivity index (χ0) is 16.4. The summed E-state index contributed by atoms with van der Waals surface area (Å²) in [5.74, 6) is 5.30. The van der Waals surface area contributed by atoms with Gasteiger partial charge in [0.05, 0.1) is 19.6 Å². The Morgan fingerprint density at radius 3 is 2.45 bits per heavy atom. The fourth-order valence-electron chi connectivity index (χ4n) is 1.67. The molecule has 0 aliphatic heterocycles. The molecule has 0 saturated heterocycles. The number of hydrogen-bond donors (Lipinski definition) is 1. The first-order chi connectivity index (χ1) is 10.5. The van der Waals surface area contributed by atoms with Crippen LogP contribution in [0.25, 0.3) is 0 Å². The highest BCUT2D eigenvalue weighted by molar-refractivity contribution is 5.81. The second-order valence-electron chi connectivity index (χ2n) is 4.82. The molecule has 5 nitrogen and oxygen atoms in total. The summed E-state index contributed by atoms with van der Waals surface area (Å²) in [6, 6.07) is 7.85. The van der Waals surface area contributed by atoms with E-state index >= 15 is 0 Å². The minimum absolute atomic E-state index is 0.0963. The maximum atomic E-state index is 11.5. The van der Waals surface area contributed by atoms with Crippen LogP contribution >= 0.6 is 0 Å². The first kappa shape index (κ1) is 17.6. The van der Waals surface area contributed by atoms with Crippen LogP contribution in [0.5, 0.6) is 0 Å². The first-order valence-electron chi connectivity index (χ1n) is 7.21. The molecular formula is C17H22N2O3. The molecule has 0 heterocycles. The van der Waals surface area contributed by atoms with Crippen LogP contribution in [-0.4, -0.2) is 39.1 Å². The second-order valence-corrected chi connectivity index (χ2v) is 4.82. The van der Waals surface area contributed by atoms with Crippen LogP contribution < -0.4 is 10.2 Å². The summed E-state index contributed by atoms with van der Waals surface area (Å²) in [4.78, 5) is 24.6. The van der Waals surface area contributed by atoms with E-state index in [0.29, 0.717) is 6.61 Å². The van der Waals surface area contributed by atoms with Gasteiger partial charge < -0.3 is 15.0 Å². The summed E-state index contributed by atoms with van der Waals surface area (Å²) in [5.41, 5.74) is 2.00. The van der Waals surface area contributed by atoms with Crippen molar-refractivity contribution in [2.24, 2.45) is 0 Å². The Kier molecular flexibility index (Phi) is 7.55. The molecule has 0 radical (unpaired) electrons. The molecule has 0 saturated carbocycles. The molecule has 0 aromatic heterocycles. The molecule has 22 heavy (non-hydrogen) atoms.